The second kappa shape index (κ2) is 5.27. The average Bonchev–Trinajstić information content (AvgIpc) is 2.25. The summed E-state index contributed by atoms with van der Waals surface area (Å²) in [5.74, 6) is -1.85. The first-order chi connectivity index (χ1) is 7.86. The van der Waals surface area contributed by atoms with Crippen molar-refractivity contribution in [2.24, 2.45) is 5.73 Å². The Morgan fingerprint density at radius 3 is 2.47 bits per heavy atom. The molecule has 94 valence electrons. The fraction of sp³-hybridized carbons (Fsp3) is 0.364. The second-order valence-corrected chi connectivity index (χ2v) is 3.51. The summed E-state index contributed by atoms with van der Waals surface area (Å²) in [6.07, 6.45) is -4.36. The number of carbonyl (C=O) groups excluding carboxylic acids is 1. The molecule has 1 aromatic carbocycles. The van der Waals surface area contributed by atoms with E-state index in [9.17, 15) is 22.4 Å². The van der Waals surface area contributed by atoms with Gasteiger partial charge in [-0.05, 0) is 31.2 Å². The molecule has 2 nitrogen and oxygen atoms in total. The van der Waals surface area contributed by atoms with Crippen molar-refractivity contribution in [3.63, 3.8) is 0 Å². The van der Waals surface area contributed by atoms with E-state index in [1.165, 1.54) is 0 Å². The van der Waals surface area contributed by atoms with Crippen LogP contribution in [0.25, 0.3) is 0 Å². The molecule has 1 aromatic rings. The first kappa shape index (κ1) is 13.6. The Bertz CT molecular complexity index is 414. The SMILES string of the molecule is NCCCC(=O)c1ccc(F)c(C(F)(F)F)c1. The van der Waals surface area contributed by atoms with Crippen molar-refractivity contribution in [2.75, 3.05) is 6.54 Å². The number of carbonyl (C=O) groups is 1. The fourth-order valence-corrected chi connectivity index (χ4v) is 1.32. The van der Waals surface area contributed by atoms with Crippen LogP contribution in [0.15, 0.2) is 18.2 Å². The maximum absolute atomic E-state index is 12.9. The molecule has 0 aliphatic rings. The van der Waals surface area contributed by atoms with Gasteiger partial charge in [0, 0.05) is 12.0 Å². The molecule has 0 aliphatic heterocycles. The van der Waals surface area contributed by atoms with Gasteiger partial charge < -0.3 is 5.73 Å². The van der Waals surface area contributed by atoms with E-state index in [2.05, 4.69) is 0 Å². The molecular weight excluding hydrogens is 238 g/mol. The molecule has 0 fully saturated rings. The second-order valence-electron chi connectivity index (χ2n) is 3.51. The molecule has 0 spiro atoms. The Hall–Kier alpha value is -1.43. The predicted octanol–water partition coefficient (Wildman–Crippen LogP) is 2.77. The lowest BCUT2D eigenvalue weighted by Gasteiger charge is -2.09. The lowest BCUT2D eigenvalue weighted by atomic mass is 10.0. The summed E-state index contributed by atoms with van der Waals surface area (Å²) in [5, 5.41) is 0. The van der Waals surface area contributed by atoms with Crippen molar-refractivity contribution < 1.29 is 22.4 Å². The quantitative estimate of drug-likeness (QED) is 0.658. The third-order valence-corrected chi connectivity index (χ3v) is 2.20. The maximum Gasteiger partial charge on any atom is 0.419 e. The molecule has 17 heavy (non-hydrogen) atoms. The number of ketones is 1. The molecule has 0 amide bonds. The maximum atomic E-state index is 12.9. The predicted molar refractivity (Wildman–Crippen MR) is 54.0 cm³/mol. The van der Waals surface area contributed by atoms with Crippen molar-refractivity contribution in [1.29, 1.82) is 0 Å². The van der Waals surface area contributed by atoms with Gasteiger partial charge in [0.15, 0.2) is 5.78 Å². The molecule has 0 bridgehead atoms. The number of alkyl halides is 3. The molecule has 0 aliphatic carbocycles. The van der Waals surface area contributed by atoms with Gasteiger partial charge in [-0.15, -0.1) is 0 Å². The first-order valence-corrected chi connectivity index (χ1v) is 4.96. The van der Waals surface area contributed by atoms with Crippen LogP contribution >= 0.6 is 0 Å². The van der Waals surface area contributed by atoms with Crippen LogP contribution in [0.2, 0.25) is 0 Å². The van der Waals surface area contributed by atoms with Crippen molar-refractivity contribution in [2.45, 2.75) is 19.0 Å². The van der Waals surface area contributed by atoms with Crippen LogP contribution in [0.5, 0.6) is 0 Å². The molecule has 0 unspecified atom stereocenters. The third-order valence-electron chi connectivity index (χ3n) is 2.20. The van der Waals surface area contributed by atoms with E-state index in [0.29, 0.717) is 18.6 Å². The van der Waals surface area contributed by atoms with Gasteiger partial charge in [0.1, 0.15) is 5.82 Å². The van der Waals surface area contributed by atoms with Crippen LogP contribution in [0, 0.1) is 5.82 Å². The fourth-order valence-electron chi connectivity index (χ4n) is 1.32. The van der Waals surface area contributed by atoms with E-state index in [1.807, 2.05) is 0 Å². The summed E-state index contributed by atoms with van der Waals surface area (Å²) in [6.45, 7) is 0.277. The van der Waals surface area contributed by atoms with Crippen LogP contribution in [0.1, 0.15) is 28.8 Å². The van der Waals surface area contributed by atoms with Crippen molar-refractivity contribution in [3.05, 3.63) is 35.1 Å². The number of halogens is 4. The standard InChI is InChI=1S/C11H11F4NO/c12-9-4-3-7(10(17)2-1-5-16)6-8(9)11(13,14)15/h3-4,6H,1-2,5,16H2. The zero-order valence-electron chi connectivity index (χ0n) is 8.85. The van der Waals surface area contributed by atoms with Gasteiger partial charge in [-0.25, -0.2) is 4.39 Å². The highest BCUT2D eigenvalue weighted by Gasteiger charge is 2.34. The minimum Gasteiger partial charge on any atom is -0.330 e. The Morgan fingerprint density at radius 1 is 1.29 bits per heavy atom. The molecular formula is C11H11F4NO. The van der Waals surface area contributed by atoms with Crippen molar-refractivity contribution >= 4 is 5.78 Å². The highest BCUT2D eigenvalue weighted by atomic mass is 19.4. The summed E-state index contributed by atoms with van der Waals surface area (Å²) in [7, 11) is 0. The number of hydrogen-bond donors (Lipinski definition) is 1. The van der Waals surface area contributed by atoms with Crippen LogP contribution in [-0.2, 0) is 6.18 Å². The van der Waals surface area contributed by atoms with Gasteiger partial charge in [-0.3, -0.25) is 4.79 Å². The third kappa shape index (κ3) is 3.52. The summed E-state index contributed by atoms with van der Waals surface area (Å²) >= 11 is 0. The van der Waals surface area contributed by atoms with Gasteiger partial charge in [-0.1, -0.05) is 0 Å². The Kier molecular flexibility index (Phi) is 4.22. The molecule has 0 radical (unpaired) electrons. The Labute approximate surface area is 95.4 Å². The summed E-state index contributed by atoms with van der Waals surface area (Å²) in [4.78, 5) is 11.4. The zero-order chi connectivity index (χ0) is 13.1. The highest BCUT2D eigenvalue weighted by molar-refractivity contribution is 5.96. The van der Waals surface area contributed by atoms with Crippen molar-refractivity contribution in [1.82, 2.24) is 0 Å². The van der Waals surface area contributed by atoms with Crippen LogP contribution in [0.3, 0.4) is 0 Å². The van der Waals surface area contributed by atoms with E-state index in [0.717, 1.165) is 6.07 Å². The lowest BCUT2D eigenvalue weighted by Crippen LogP contribution is -2.11. The number of hydrogen-bond acceptors (Lipinski definition) is 2. The smallest absolute Gasteiger partial charge is 0.330 e. The molecule has 0 aromatic heterocycles. The minimum atomic E-state index is -4.80. The van der Waals surface area contributed by atoms with Gasteiger partial charge in [0.2, 0.25) is 0 Å². The number of nitrogens with two attached hydrogens (primary N) is 1. The Morgan fingerprint density at radius 2 is 1.94 bits per heavy atom. The van der Waals surface area contributed by atoms with Crippen LogP contribution in [0.4, 0.5) is 17.6 Å². The normalized spacial score (nSPS) is 11.6. The number of benzene rings is 1. The van der Waals surface area contributed by atoms with E-state index in [4.69, 9.17) is 5.73 Å². The first-order valence-electron chi connectivity index (χ1n) is 4.96. The molecule has 0 atom stereocenters. The molecule has 1 rings (SSSR count). The number of rotatable bonds is 4. The van der Waals surface area contributed by atoms with Gasteiger partial charge in [-0.2, -0.15) is 13.2 Å². The lowest BCUT2D eigenvalue weighted by molar-refractivity contribution is -0.140. The van der Waals surface area contributed by atoms with E-state index >= 15 is 0 Å². The van der Waals surface area contributed by atoms with Crippen LogP contribution in [-0.4, -0.2) is 12.3 Å². The highest BCUT2D eigenvalue weighted by Crippen LogP contribution is 2.32. The van der Waals surface area contributed by atoms with Crippen LogP contribution < -0.4 is 5.73 Å². The molecule has 0 heterocycles. The summed E-state index contributed by atoms with van der Waals surface area (Å²) < 4.78 is 50.0. The van der Waals surface area contributed by atoms with Crippen molar-refractivity contribution in [3.8, 4) is 0 Å². The average molecular weight is 249 g/mol. The molecule has 2 N–H and O–H groups in total. The monoisotopic (exact) mass is 249 g/mol. The van der Waals surface area contributed by atoms with Gasteiger partial charge in [0.05, 0.1) is 5.56 Å². The van der Waals surface area contributed by atoms with E-state index in [-0.39, 0.29) is 18.5 Å². The Balaban J connectivity index is 3.00. The minimum absolute atomic E-state index is 0.0550. The largest absolute Gasteiger partial charge is 0.419 e. The molecule has 6 heteroatoms. The number of Topliss-reactive ketones (excluding diaryl/α,β-unsaturated/α-hetero) is 1. The summed E-state index contributed by atoms with van der Waals surface area (Å²) in [6, 6.07) is 2.23. The van der Waals surface area contributed by atoms with Gasteiger partial charge >= 0.3 is 6.18 Å². The van der Waals surface area contributed by atoms with E-state index in [1.54, 1.807) is 0 Å². The van der Waals surface area contributed by atoms with E-state index < -0.39 is 23.3 Å². The molecule has 0 saturated heterocycles. The van der Waals surface area contributed by atoms with Gasteiger partial charge in [0.25, 0.3) is 0 Å². The zero-order valence-corrected chi connectivity index (χ0v) is 8.85. The summed E-state index contributed by atoms with van der Waals surface area (Å²) in [5.41, 5.74) is 3.62. The topological polar surface area (TPSA) is 43.1 Å². The molecule has 0 saturated carbocycles.